The number of nitrogens with one attached hydrogen (secondary N) is 2. The Morgan fingerprint density at radius 2 is 1.97 bits per heavy atom. The molecule has 0 saturated carbocycles. The standard InChI is InChI=1S/C20H31N3O6/c1-20(2,3)29-19(26)22-9-8-21-17(24)14-6-5-10-23(12-14)13-16-15(7-11-28-16)18(25)27-4/h7,11,14H,5-6,8-10,12-13H2,1-4H3,(H,21,24)(H,22,26). The minimum absolute atomic E-state index is 0.0478. The normalized spacial score (nSPS) is 17.4. The first-order valence-corrected chi connectivity index (χ1v) is 9.81. The number of hydrogen-bond acceptors (Lipinski definition) is 7. The smallest absolute Gasteiger partial charge is 0.407 e. The van der Waals surface area contributed by atoms with E-state index in [1.165, 1.54) is 13.4 Å². The monoisotopic (exact) mass is 409 g/mol. The van der Waals surface area contributed by atoms with Gasteiger partial charge in [-0.15, -0.1) is 0 Å². The highest BCUT2D eigenvalue weighted by Crippen LogP contribution is 2.21. The van der Waals surface area contributed by atoms with Gasteiger partial charge in [0, 0.05) is 19.6 Å². The summed E-state index contributed by atoms with van der Waals surface area (Å²) in [4.78, 5) is 37.9. The summed E-state index contributed by atoms with van der Waals surface area (Å²) in [6.45, 7) is 7.85. The van der Waals surface area contributed by atoms with Gasteiger partial charge in [0.2, 0.25) is 5.91 Å². The average Bonchev–Trinajstić information content (AvgIpc) is 3.11. The molecule has 1 aromatic heterocycles. The molecule has 2 rings (SSSR count). The van der Waals surface area contributed by atoms with Crippen molar-refractivity contribution < 1.29 is 28.3 Å². The van der Waals surface area contributed by atoms with Crippen LogP contribution in [0.1, 0.15) is 49.7 Å². The van der Waals surface area contributed by atoms with Crippen molar-refractivity contribution in [2.24, 2.45) is 5.92 Å². The molecule has 1 aromatic rings. The highest BCUT2D eigenvalue weighted by Gasteiger charge is 2.27. The van der Waals surface area contributed by atoms with Gasteiger partial charge in [-0.05, 0) is 46.2 Å². The molecule has 9 nitrogen and oxygen atoms in total. The lowest BCUT2D eigenvalue weighted by molar-refractivity contribution is -0.126. The minimum Gasteiger partial charge on any atom is -0.467 e. The van der Waals surface area contributed by atoms with Crippen molar-refractivity contribution in [1.82, 2.24) is 15.5 Å². The molecule has 0 aromatic carbocycles. The number of ether oxygens (including phenoxy) is 2. The van der Waals surface area contributed by atoms with Gasteiger partial charge in [0.15, 0.2) is 0 Å². The third-order valence-electron chi connectivity index (χ3n) is 4.49. The second kappa shape index (κ2) is 10.3. The van der Waals surface area contributed by atoms with Crippen molar-refractivity contribution in [1.29, 1.82) is 0 Å². The number of esters is 1. The van der Waals surface area contributed by atoms with Gasteiger partial charge < -0.3 is 24.5 Å². The molecule has 162 valence electrons. The van der Waals surface area contributed by atoms with Crippen LogP contribution in [0.15, 0.2) is 16.7 Å². The molecule has 9 heteroatoms. The summed E-state index contributed by atoms with van der Waals surface area (Å²) in [5, 5.41) is 5.47. The predicted octanol–water partition coefficient (Wildman–Crippen LogP) is 1.92. The third-order valence-corrected chi connectivity index (χ3v) is 4.49. The number of carbonyl (C=O) groups is 3. The van der Waals surface area contributed by atoms with E-state index < -0.39 is 17.7 Å². The summed E-state index contributed by atoms with van der Waals surface area (Å²) in [7, 11) is 1.33. The van der Waals surface area contributed by atoms with E-state index in [0.29, 0.717) is 37.5 Å². The van der Waals surface area contributed by atoms with Crippen LogP contribution in [-0.4, -0.2) is 61.8 Å². The van der Waals surface area contributed by atoms with E-state index in [-0.39, 0.29) is 11.8 Å². The highest BCUT2D eigenvalue weighted by atomic mass is 16.6. The first-order chi connectivity index (χ1) is 13.7. The summed E-state index contributed by atoms with van der Waals surface area (Å²) < 4.78 is 15.3. The molecule has 0 radical (unpaired) electrons. The first-order valence-electron chi connectivity index (χ1n) is 9.81. The van der Waals surface area contributed by atoms with Crippen LogP contribution < -0.4 is 10.6 Å². The van der Waals surface area contributed by atoms with E-state index in [0.717, 1.165) is 19.4 Å². The van der Waals surface area contributed by atoms with Gasteiger partial charge in [-0.1, -0.05) is 0 Å². The van der Waals surface area contributed by atoms with E-state index in [2.05, 4.69) is 15.5 Å². The average molecular weight is 409 g/mol. The Kier molecular flexibility index (Phi) is 8.07. The predicted molar refractivity (Wildman–Crippen MR) is 105 cm³/mol. The van der Waals surface area contributed by atoms with Gasteiger partial charge in [0.1, 0.15) is 16.9 Å². The zero-order valence-corrected chi connectivity index (χ0v) is 17.6. The van der Waals surface area contributed by atoms with Crippen molar-refractivity contribution in [3.63, 3.8) is 0 Å². The fraction of sp³-hybridized carbons (Fsp3) is 0.650. The minimum atomic E-state index is -0.555. The van der Waals surface area contributed by atoms with Gasteiger partial charge in [-0.25, -0.2) is 9.59 Å². The summed E-state index contributed by atoms with van der Waals surface area (Å²) in [6.07, 6.45) is 2.63. The number of rotatable bonds is 7. The molecule has 2 heterocycles. The fourth-order valence-electron chi connectivity index (χ4n) is 3.18. The molecular formula is C20H31N3O6. The fourth-order valence-corrected chi connectivity index (χ4v) is 3.18. The molecule has 1 unspecified atom stereocenters. The number of carbonyl (C=O) groups excluding carboxylic acids is 3. The van der Waals surface area contributed by atoms with Crippen LogP contribution in [0.3, 0.4) is 0 Å². The molecule has 1 aliphatic rings. The molecule has 2 N–H and O–H groups in total. The number of piperidine rings is 1. The molecule has 1 saturated heterocycles. The molecular weight excluding hydrogens is 378 g/mol. The Balaban J connectivity index is 1.76. The van der Waals surface area contributed by atoms with Gasteiger partial charge >= 0.3 is 12.1 Å². The van der Waals surface area contributed by atoms with E-state index in [1.807, 2.05) is 0 Å². The Bertz CT molecular complexity index is 709. The number of alkyl carbamates (subject to hydrolysis) is 1. The second-order valence-electron chi connectivity index (χ2n) is 8.04. The number of methoxy groups -OCH3 is 1. The molecule has 2 amide bonds. The van der Waals surface area contributed by atoms with Crippen LogP contribution >= 0.6 is 0 Å². The van der Waals surface area contributed by atoms with Gasteiger partial charge in [-0.3, -0.25) is 9.69 Å². The molecule has 1 fully saturated rings. The largest absolute Gasteiger partial charge is 0.467 e. The Morgan fingerprint density at radius 1 is 1.24 bits per heavy atom. The number of hydrogen-bond donors (Lipinski definition) is 2. The molecule has 29 heavy (non-hydrogen) atoms. The lowest BCUT2D eigenvalue weighted by atomic mass is 9.97. The van der Waals surface area contributed by atoms with Crippen LogP contribution in [-0.2, 0) is 20.8 Å². The lowest BCUT2D eigenvalue weighted by Gasteiger charge is -2.31. The summed E-state index contributed by atoms with van der Waals surface area (Å²) >= 11 is 0. The summed E-state index contributed by atoms with van der Waals surface area (Å²) in [6, 6.07) is 1.59. The Labute approximate surface area is 171 Å². The summed E-state index contributed by atoms with van der Waals surface area (Å²) in [5.41, 5.74) is -0.145. The number of amides is 2. The van der Waals surface area contributed by atoms with E-state index in [4.69, 9.17) is 13.9 Å². The van der Waals surface area contributed by atoms with Crippen LogP contribution in [0, 0.1) is 5.92 Å². The summed E-state index contributed by atoms with van der Waals surface area (Å²) in [5.74, 6) is -0.0906. The van der Waals surface area contributed by atoms with Crippen LogP contribution in [0.25, 0.3) is 0 Å². The van der Waals surface area contributed by atoms with Gasteiger partial charge in [0.25, 0.3) is 0 Å². The van der Waals surface area contributed by atoms with Crippen LogP contribution in [0.2, 0.25) is 0 Å². The lowest BCUT2D eigenvalue weighted by Crippen LogP contribution is -2.44. The Morgan fingerprint density at radius 3 is 2.66 bits per heavy atom. The van der Waals surface area contributed by atoms with Crippen molar-refractivity contribution in [2.75, 3.05) is 33.3 Å². The first kappa shape index (κ1) is 22.7. The van der Waals surface area contributed by atoms with Gasteiger partial charge in [0.05, 0.1) is 25.8 Å². The molecule has 0 spiro atoms. The quantitative estimate of drug-likeness (QED) is 0.523. The third kappa shape index (κ3) is 7.41. The molecule has 0 aliphatic carbocycles. The van der Waals surface area contributed by atoms with E-state index in [1.54, 1.807) is 26.8 Å². The number of furan rings is 1. The van der Waals surface area contributed by atoms with E-state index in [9.17, 15) is 14.4 Å². The van der Waals surface area contributed by atoms with E-state index >= 15 is 0 Å². The van der Waals surface area contributed by atoms with Crippen LogP contribution in [0.5, 0.6) is 0 Å². The van der Waals surface area contributed by atoms with Crippen LogP contribution in [0.4, 0.5) is 4.79 Å². The van der Waals surface area contributed by atoms with Crippen molar-refractivity contribution in [2.45, 2.75) is 45.8 Å². The highest BCUT2D eigenvalue weighted by molar-refractivity contribution is 5.90. The van der Waals surface area contributed by atoms with Gasteiger partial charge in [-0.2, -0.15) is 0 Å². The number of nitrogens with zero attached hydrogens (tertiary/aromatic N) is 1. The molecule has 1 atom stereocenters. The Hall–Kier alpha value is -2.55. The second-order valence-corrected chi connectivity index (χ2v) is 8.04. The maximum atomic E-state index is 12.5. The van der Waals surface area contributed by atoms with Crippen molar-refractivity contribution in [3.05, 3.63) is 23.7 Å². The topological polar surface area (TPSA) is 110 Å². The maximum Gasteiger partial charge on any atom is 0.407 e. The molecule has 0 bridgehead atoms. The maximum absolute atomic E-state index is 12.5. The zero-order chi connectivity index (χ0) is 21.4. The SMILES string of the molecule is COC(=O)c1ccoc1CN1CCCC(C(=O)NCCNC(=O)OC(C)(C)C)C1. The van der Waals surface area contributed by atoms with Crippen molar-refractivity contribution in [3.8, 4) is 0 Å². The number of likely N-dealkylation sites (tertiary alicyclic amines) is 1. The zero-order valence-electron chi connectivity index (χ0n) is 17.6. The van der Waals surface area contributed by atoms with Crippen molar-refractivity contribution >= 4 is 18.0 Å². The molecule has 1 aliphatic heterocycles.